The van der Waals surface area contributed by atoms with Crippen molar-refractivity contribution in [1.29, 1.82) is 0 Å². The van der Waals surface area contributed by atoms with Crippen molar-refractivity contribution in [2.24, 2.45) is 29.6 Å². The van der Waals surface area contributed by atoms with E-state index in [1.165, 1.54) is 32.1 Å². The Morgan fingerprint density at radius 3 is 2.20 bits per heavy atom. The van der Waals surface area contributed by atoms with Crippen LogP contribution in [0.2, 0.25) is 0 Å². The predicted molar refractivity (Wildman–Crippen MR) is 80.3 cm³/mol. The highest BCUT2D eigenvalue weighted by Crippen LogP contribution is 2.58. The predicted octanol–water partition coefficient (Wildman–Crippen LogP) is 5.05. The highest BCUT2D eigenvalue weighted by molar-refractivity contribution is 6.21. The van der Waals surface area contributed by atoms with Crippen LogP contribution in [0.15, 0.2) is 24.3 Å². The Labute approximate surface area is 125 Å². The van der Waals surface area contributed by atoms with Gasteiger partial charge in [-0.1, -0.05) is 18.2 Å². The van der Waals surface area contributed by atoms with E-state index in [0.717, 1.165) is 29.2 Å². The van der Waals surface area contributed by atoms with E-state index in [-0.39, 0.29) is 11.2 Å². The van der Waals surface area contributed by atoms with Gasteiger partial charge in [0.25, 0.3) is 0 Å². The van der Waals surface area contributed by atoms with Crippen LogP contribution in [0.25, 0.3) is 0 Å². The lowest BCUT2D eigenvalue weighted by Gasteiger charge is -2.55. The van der Waals surface area contributed by atoms with E-state index < -0.39 is 0 Å². The van der Waals surface area contributed by atoms with Crippen molar-refractivity contribution in [3.8, 4) is 0 Å². The third kappa shape index (κ3) is 2.19. The van der Waals surface area contributed by atoms with Crippen LogP contribution in [-0.4, -0.2) is 5.38 Å². The van der Waals surface area contributed by atoms with Gasteiger partial charge in [-0.25, -0.2) is 4.39 Å². The van der Waals surface area contributed by atoms with Crippen LogP contribution >= 0.6 is 11.6 Å². The highest BCUT2D eigenvalue weighted by atomic mass is 35.5. The van der Waals surface area contributed by atoms with E-state index in [2.05, 4.69) is 0 Å². The highest BCUT2D eigenvalue weighted by Gasteiger charge is 2.50. The van der Waals surface area contributed by atoms with Crippen LogP contribution in [-0.2, 0) is 6.42 Å². The molecular formula is C18H22ClF. The van der Waals surface area contributed by atoms with Crippen molar-refractivity contribution in [3.63, 3.8) is 0 Å². The van der Waals surface area contributed by atoms with Gasteiger partial charge >= 0.3 is 0 Å². The molecule has 4 fully saturated rings. The maximum atomic E-state index is 13.8. The Morgan fingerprint density at radius 1 is 1.00 bits per heavy atom. The molecule has 0 radical (unpaired) electrons. The molecule has 20 heavy (non-hydrogen) atoms. The molecular weight excluding hydrogens is 271 g/mol. The fourth-order valence-electron chi connectivity index (χ4n) is 5.57. The first kappa shape index (κ1) is 13.1. The van der Waals surface area contributed by atoms with Gasteiger partial charge in [0, 0.05) is 5.38 Å². The molecule has 0 nitrogen and oxygen atoms in total. The van der Waals surface area contributed by atoms with Gasteiger partial charge in [0.2, 0.25) is 0 Å². The molecule has 0 aliphatic heterocycles. The fraction of sp³-hybridized carbons (Fsp3) is 0.667. The molecule has 4 aliphatic rings. The van der Waals surface area contributed by atoms with Gasteiger partial charge in [-0.3, -0.25) is 0 Å². The first-order valence-electron chi connectivity index (χ1n) is 8.08. The number of halogens is 2. The molecule has 4 bridgehead atoms. The second-order valence-corrected chi connectivity index (χ2v) is 7.88. The summed E-state index contributed by atoms with van der Waals surface area (Å²) in [6, 6.07) is 7.11. The van der Waals surface area contributed by atoms with E-state index in [4.69, 9.17) is 11.6 Å². The molecule has 2 heteroatoms. The van der Waals surface area contributed by atoms with Gasteiger partial charge in [-0.2, -0.15) is 0 Å². The molecule has 0 aromatic heterocycles. The maximum Gasteiger partial charge on any atom is 0.126 e. The number of hydrogen-bond acceptors (Lipinski definition) is 0. The molecule has 1 aromatic rings. The molecule has 4 aliphatic carbocycles. The van der Waals surface area contributed by atoms with Gasteiger partial charge in [-0.15, -0.1) is 11.6 Å². The number of alkyl halides is 1. The Morgan fingerprint density at radius 2 is 1.60 bits per heavy atom. The van der Waals surface area contributed by atoms with E-state index in [9.17, 15) is 4.39 Å². The fourth-order valence-corrected chi connectivity index (χ4v) is 6.15. The Kier molecular flexibility index (Phi) is 3.29. The molecule has 0 N–H and O–H groups in total. The van der Waals surface area contributed by atoms with Crippen molar-refractivity contribution in [1.82, 2.24) is 0 Å². The Balaban J connectivity index is 1.51. The molecule has 0 saturated heterocycles. The molecule has 0 spiro atoms. The minimum Gasteiger partial charge on any atom is -0.207 e. The largest absolute Gasteiger partial charge is 0.207 e. The molecule has 5 rings (SSSR count). The van der Waals surface area contributed by atoms with E-state index in [1.54, 1.807) is 12.1 Å². The lowest BCUT2D eigenvalue weighted by atomic mass is 9.51. The zero-order valence-corrected chi connectivity index (χ0v) is 12.5. The van der Waals surface area contributed by atoms with Gasteiger partial charge in [0.1, 0.15) is 5.82 Å². The van der Waals surface area contributed by atoms with Crippen molar-refractivity contribution in [3.05, 3.63) is 35.6 Å². The lowest BCUT2D eigenvalue weighted by molar-refractivity contribution is -0.0377. The molecule has 0 heterocycles. The van der Waals surface area contributed by atoms with Crippen LogP contribution in [0.3, 0.4) is 0 Å². The molecule has 1 unspecified atom stereocenters. The minimum absolute atomic E-state index is 0.0954. The van der Waals surface area contributed by atoms with Crippen molar-refractivity contribution in [2.45, 2.75) is 43.9 Å². The molecule has 1 atom stereocenters. The van der Waals surface area contributed by atoms with Crippen LogP contribution in [0.5, 0.6) is 0 Å². The topological polar surface area (TPSA) is 0 Å². The first-order valence-corrected chi connectivity index (χ1v) is 8.52. The summed E-state index contributed by atoms with van der Waals surface area (Å²) < 4.78 is 13.8. The van der Waals surface area contributed by atoms with Crippen LogP contribution in [0.1, 0.15) is 37.7 Å². The summed E-state index contributed by atoms with van der Waals surface area (Å²) in [7, 11) is 0. The van der Waals surface area contributed by atoms with Gasteiger partial charge in [-0.05, 0) is 79.7 Å². The average molecular weight is 293 g/mol. The molecule has 4 saturated carbocycles. The second-order valence-electron chi connectivity index (χ2n) is 7.32. The number of rotatable bonds is 3. The summed E-state index contributed by atoms with van der Waals surface area (Å²) in [5.41, 5.74) is 0.793. The van der Waals surface area contributed by atoms with Crippen molar-refractivity contribution in [2.75, 3.05) is 0 Å². The Hall–Kier alpha value is -0.560. The van der Waals surface area contributed by atoms with E-state index >= 15 is 0 Å². The van der Waals surface area contributed by atoms with Crippen molar-refractivity contribution >= 4 is 11.6 Å². The zero-order chi connectivity index (χ0) is 13.7. The Bertz CT molecular complexity index is 470. The smallest absolute Gasteiger partial charge is 0.126 e. The standard InChI is InChI=1S/C18H22ClF/c19-16(10-13-3-1-2-4-17(13)20)18-14-6-11-5-12(8-14)9-15(18)7-11/h1-4,11-12,14-16,18H,5-10H2. The van der Waals surface area contributed by atoms with Crippen molar-refractivity contribution < 1.29 is 4.39 Å². The third-order valence-corrected chi connectivity index (χ3v) is 6.54. The summed E-state index contributed by atoms with van der Waals surface area (Å²) in [5, 5.41) is 0.113. The van der Waals surface area contributed by atoms with Crippen LogP contribution < -0.4 is 0 Å². The monoisotopic (exact) mass is 292 g/mol. The van der Waals surface area contributed by atoms with E-state index in [0.29, 0.717) is 12.3 Å². The number of hydrogen-bond donors (Lipinski definition) is 0. The molecule has 108 valence electrons. The van der Waals surface area contributed by atoms with Crippen LogP contribution in [0, 0.1) is 35.4 Å². The number of benzene rings is 1. The second kappa shape index (κ2) is 5.02. The van der Waals surface area contributed by atoms with E-state index in [1.807, 2.05) is 12.1 Å². The SMILES string of the molecule is Fc1ccccc1CC(Cl)C1C2CC3CC(C2)CC1C3. The summed E-state index contributed by atoms with van der Waals surface area (Å²) in [5.74, 6) is 4.13. The quantitative estimate of drug-likeness (QED) is 0.684. The molecule has 0 amide bonds. The normalized spacial score (nSPS) is 40.0. The third-order valence-electron chi connectivity index (χ3n) is 6.09. The van der Waals surface area contributed by atoms with Gasteiger partial charge in [0.15, 0.2) is 0 Å². The van der Waals surface area contributed by atoms with Gasteiger partial charge < -0.3 is 0 Å². The first-order chi connectivity index (χ1) is 9.70. The minimum atomic E-state index is -0.0954. The summed E-state index contributed by atoms with van der Waals surface area (Å²) >= 11 is 6.76. The molecule has 1 aromatic carbocycles. The average Bonchev–Trinajstić information content (AvgIpc) is 2.40. The summed E-state index contributed by atoms with van der Waals surface area (Å²) in [4.78, 5) is 0. The van der Waals surface area contributed by atoms with Gasteiger partial charge in [0.05, 0.1) is 0 Å². The van der Waals surface area contributed by atoms with Crippen LogP contribution in [0.4, 0.5) is 4.39 Å². The maximum absolute atomic E-state index is 13.8. The zero-order valence-electron chi connectivity index (χ0n) is 11.8. The summed E-state index contributed by atoms with van der Waals surface area (Å²) in [6.45, 7) is 0. The summed E-state index contributed by atoms with van der Waals surface area (Å²) in [6.07, 6.45) is 7.72. The lowest BCUT2D eigenvalue weighted by Crippen LogP contribution is -2.48.